The van der Waals surface area contributed by atoms with E-state index in [4.69, 9.17) is 13.6 Å². The van der Waals surface area contributed by atoms with Gasteiger partial charge in [-0.3, -0.25) is 0 Å². The first kappa shape index (κ1) is 32.1. The van der Waals surface area contributed by atoms with Crippen LogP contribution >= 0.6 is 0 Å². The maximum atomic E-state index is 7.51. The normalized spacial score (nSPS) is 22.1. The van der Waals surface area contributed by atoms with Crippen molar-refractivity contribution in [2.45, 2.75) is 76.7 Å². The number of hydrogen-bond acceptors (Lipinski definition) is 3. The van der Waals surface area contributed by atoms with Crippen molar-refractivity contribution in [1.29, 1.82) is 0 Å². The number of hydrogen-bond donors (Lipinski definition) is 0. The van der Waals surface area contributed by atoms with E-state index in [1.54, 1.807) is 0 Å². The molecule has 5 heteroatoms. The van der Waals surface area contributed by atoms with Gasteiger partial charge in [0.1, 0.15) is 0 Å². The first-order valence-electron chi connectivity index (χ1n) is 16.7. The highest BCUT2D eigenvalue weighted by Gasteiger charge is 2.55. The minimum absolute atomic E-state index is 0.0517. The summed E-state index contributed by atoms with van der Waals surface area (Å²) in [4.78, 5) is 0. The largest absolute Gasteiger partial charge is 0.407 e. The maximum Gasteiger partial charge on any atom is 0.261 e. The lowest BCUT2D eigenvalue weighted by Crippen LogP contribution is -2.67. The predicted molar refractivity (Wildman–Crippen MR) is 192 cm³/mol. The molecule has 0 bridgehead atoms. The van der Waals surface area contributed by atoms with E-state index in [9.17, 15) is 0 Å². The summed E-state index contributed by atoms with van der Waals surface area (Å²) in [5.74, 6) is 0.738. The van der Waals surface area contributed by atoms with Gasteiger partial charge in [-0.1, -0.05) is 163 Å². The van der Waals surface area contributed by atoms with Gasteiger partial charge in [-0.05, 0) is 55.5 Å². The Bertz CT molecular complexity index is 1320. The van der Waals surface area contributed by atoms with Crippen LogP contribution in [0.25, 0.3) is 0 Å². The molecule has 0 N–H and O–H groups in total. The van der Waals surface area contributed by atoms with E-state index in [-0.39, 0.29) is 10.1 Å². The first-order chi connectivity index (χ1) is 21.6. The van der Waals surface area contributed by atoms with Crippen LogP contribution in [0.1, 0.15) is 54.4 Å². The van der Waals surface area contributed by atoms with Crippen molar-refractivity contribution >= 4 is 37.4 Å². The Hall–Kier alpha value is -2.81. The highest BCUT2D eigenvalue weighted by Crippen LogP contribution is 2.46. The van der Waals surface area contributed by atoms with E-state index < -0.39 is 16.6 Å². The summed E-state index contributed by atoms with van der Waals surface area (Å²) in [5, 5.41) is 5.23. The van der Waals surface area contributed by atoms with Gasteiger partial charge in [0.25, 0.3) is 16.6 Å². The summed E-state index contributed by atoms with van der Waals surface area (Å²) in [5.41, 5.74) is 0. The van der Waals surface area contributed by atoms with Crippen molar-refractivity contribution in [3.63, 3.8) is 0 Å². The van der Waals surface area contributed by atoms with Gasteiger partial charge in [0, 0.05) is 13.2 Å². The van der Waals surface area contributed by atoms with Crippen molar-refractivity contribution in [2.75, 3.05) is 13.2 Å². The Balaban J connectivity index is 1.33. The fourth-order valence-electron chi connectivity index (χ4n) is 7.97. The Labute approximate surface area is 273 Å². The number of epoxide rings is 1. The fourth-order valence-corrected chi connectivity index (χ4v) is 17.2. The molecule has 0 amide bonds. The Morgan fingerprint density at radius 3 is 1.00 bits per heavy atom. The molecule has 4 aromatic carbocycles. The molecule has 6 rings (SSSR count). The molecule has 4 aromatic rings. The minimum atomic E-state index is -2.64. The summed E-state index contributed by atoms with van der Waals surface area (Å²) in [6.07, 6.45) is 2.80. The molecule has 1 saturated heterocycles. The van der Waals surface area contributed by atoms with E-state index in [1.807, 2.05) is 0 Å². The van der Waals surface area contributed by atoms with Gasteiger partial charge in [-0.25, -0.2) is 0 Å². The first-order valence-corrected chi connectivity index (χ1v) is 20.5. The molecule has 4 atom stereocenters. The molecule has 1 saturated carbocycles. The van der Waals surface area contributed by atoms with Crippen LogP contribution in [0.4, 0.5) is 0 Å². The Morgan fingerprint density at radius 1 is 0.489 bits per heavy atom. The smallest absolute Gasteiger partial charge is 0.261 e. The third-order valence-electron chi connectivity index (χ3n) is 10.3. The molecule has 0 unspecified atom stereocenters. The standard InChI is InChI=1S/C40H50O3Si2/c1-39(2,3)44(33-19-11-7-12-20-33,34-21-13-8-14-22-34)41-29-31-27-37-38(43-37)28-32(31)30-42-45(40(4,5)6,35-23-15-9-16-24-35)36-25-17-10-18-26-36/h7-26,31-32,37-38H,27-30H2,1-6H3/t31-,32+,37+,38-. The second-order valence-electron chi connectivity index (χ2n) is 15.2. The molecule has 3 nitrogen and oxygen atoms in total. The SMILES string of the molecule is CC(C)(C)[Si](OC[C@@H]1C[C@H]2O[C@H]2C[C@@H]1CO[Si](c1ccccc1)(c1ccccc1)C(C)(C)C)(c1ccccc1)c1ccccc1. The van der Waals surface area contributed by atoms with Gasteiger partial charge >= 0.3 is 0 Å². The van der Waals surface area contributed by atoms with Crippen molar-refractivity contribution in [3.8, 4) is 0 Å². The molecular weight excluding hydrogens is 585 g/mol. The predicted octanol–water partition coefficient (Wildman–Crippen LogP) is 6.93. The molecule has 45 heavy (non-hydrogen) atoms. The minimum Gasteiger partial charge on any atom is -0.407 e. The zero-order chi connectivity index (χ0) is 31.7. The molecular formula is C40H50O3Si2. The average Bonchev–Trinajstić information content (AvgIpc) is 3.81. The Morgan fingerprint density at radius 2 is 0.756 bits per heavy atom. The second-order valence-corrected chi connectivity index (χ2v) is 23.8. The third-order valence-corrected chi connectivity index (χ3v) is 20.3. The average molecular weight is 635 g/mol. The van der Waals surface area contributed by atoms with Gasteiger partial charge < -0.3 is 13.6 Å². The topological polar surface area (TPSA) is 31.0 Å². The summed E-state index contributed by atoms with van der Waals surface area (Å²) in [6, 6.07) is 44.1. The fraction of sp³-hybridized carbons (Fsp3) is 0.400. The lowest BCUT2D eigenvalue weighted by atomic mass is 9.80. The van der Waals surface area contributed by atoms with Crippen molar-refractivity contribution in [1.82, 2.24) is 0 Å². The highest BCUT2D eigenvalue weighted by atomic mass is 28.4. The van der Waals surface area contributed by atoms with Gasteiger partial charge in [0.05, 0.1) is 12.2 Å². The zero-order valence-electron chi connectivity index (χ0n) is 27.9. The number of rotatable bonds is 10. The van der Waals surface area contributed by atoms with Crippen molar-refractivity contribution in [3.05, 3.63) is 121 Å². The molecule has 1 aliphatic carbocycles. The molecule has 0 spiro atoms. The Kier molecular flexibility index (Phi) is 9.12. The molecule has 2 aliphatic rings. The maximum absolute atomic E-state index is 7.51. The van der Waals surface area contributed by atoms with Gasteiger partial charge in [-0.2, -0.15) is 0 Å². The van der Waals surface area contributed by atoms with Crippen LogP contribution in [-0.4, -0.2) is 42.1 Å². The highest BCUT2D eigenvalue weighted by molar-refractivity contribution is 7.00. The zero-order valence-corrected chi connectivity index (χ0v) is 29.9. The van der Waals surface area contributed by atoms with E-state index in [0.717, 1.165) is 12.8 Å². The molecule has 236 valence electrons. The van der Waals surface area contributed by atoms with Crippen LogP contribution in [0.3, 0.4) is 0 Å². The van der Waals surface area contributed by atoms with E-state index in [2.05, 4.69) is 163 Å². The lowest BCUT2D eigenvalue weighted by molar-refractivity contribution is 0.108. The molecule has 1 aliphatic heterocycles. The number of benzene rings is 4. The van der Waals surface area contributed by atoms with Gasteiger partial charge in [0.15, 0.2) is 0 Å². The van der Waals surface area contributed by atoms with Crippen LogP contribution in [0.5, 0.6) is 0 Å². The van der Waals surface area contributed by atoms with Gasteiger partial charge in [-0.15, -0.1) is 0 Å². The van der Waals surface area contributed by atoms with Gasteiger partial charge in [0.2, 0.25) is 0 Å². The summed E-state index contributed by atoms with van der Waals surface area (Å²) in [7, 11) is -5.28. The van der Waals surface area contributed by atoms with Crippen LogP contribution in [0, 0.1) is 11.8 Å². The number of ether oxygens (including phenoxy) is 1. The van der Waals surface area contributed by atoms with E-state index in [1.165, 1.54) is 20.7 Å². The number of fused-ring (bicyclic) bond motifs is 1. The third kappa shape index (κ3) is 6.18. The quantitative estimate of drug-likeness (QED) is 0.140. The lowest BCUT2D eigenvalue weighted by Gasteiger charge is -2.46. The summed E-state index contributed by atoms with van der Waals surface area (Å²) < 4.78 is 21.2. The van der Waals surface area contributed by atoms with Crippen molar-refractivity contribution in [2.24, 2.45) is 11.8 Å². The monoisotopic (exact) mass is 634 g/mol. The van der Waals surface area contributed by atoms with Crippen LogP contribution in [0.2, 0.25) is 10.1 Å². The molecule has 0 radical (unpaired) electrons. The van der Waals surface area contributed by atoms with Crippen molar-refractivity contribution < 1.29 is 13.6 Å². The molecule has 2 fully saturated rings. The summed E-state index contributed by atoms with van der Waals surface area (Å²) in [6.45, 7) is 15.6. The van der Waals surface area contributed by atoms with Crippen LogP contribution in [0.15, 0.2) is 121 Å². The second kappa shape index (κ2) is 12.8. The van der Waals surface area contributed by atoms with E-state index >= 15 is 0 Å². The van der Waals surface area contributed by atoms with Crippen LogP contribution in [-0.2, 0) is 13.6 Å². The van der Waals surface area contributed by atoms with E-state index in [0.29, 0.717) is 37.3 Å². The molecule has 0 aromatic heterocycles. The summed E-state index contributed by atoms with van der Waals surface area (Å²) >= 11 is 0. The van der Waals surface area contributed by atoms with Crippen LogP contribution < -0.4 is 20.7 Å². The molecule has 1 heterocycles.